The van der Waals surface area contributed by atoms with Gasteiger partial charge in [-0.3, -0.25) is 0 Å². The van der Waals surface area contributed by atoms with Crippen LogP contribution in [0.1, 0.15) is 31.9 Å². The van der Waals surface area contributed by atoms with Gasteiger partial charge in [-0.05, 0) is 34.7 Å². The maximum Gasteiger partial charge on any atom is 0.130 e. The number of rotatable bonds is 3. The van der Waals surface area contributed by atoms with Crippen molar-refractivity contribution in [3.05, 3.63) is 53.7 Å². The fourth-order valence-electron chi connectivity index (χ4n) is 1.78. The molecule has 2 aromatic rings. The van der Waals surface area contributed by atoms with Gasteiger partial charge in [-0.2, -0.15) is 0 Å². The molecule has 0 amide bonds. The first-order valence-electron chi connectivity index (χ1n) is 6.51. The molecule has 0 aliphatic carbocycles. The zero-order valence-corrected chi connectivity index (χ0v) is 11.8. The Bertz CT molecular complexity index is 521. The lowest BCUT2D eigenvalue weighted by Gasteiger charge is -2.18. The smallest absolute Gasteiger partial charge is 0.130 e. The average Bonchev–Trinajstić information content (AvgIpc) is 2.39. The molecule has 0 spiro atoms. The summed E-state index contributed by atoms with van der Waals surface area (Å²) in [7, 11) is 0. The number of nitrogens with two attached hydrogens (primary N) is 1. The lowest BCUT2D eigenvalue weighted by atomic mass is 9.88. The molecular formula is C16H21N3. The maximum absolute atomic E-state index is 5.58. The third kappa shape index (κ3) is 3.55. The molecule has 1 heterocycles. The molecule has 100 valence electrons. The van der Waals surface area contributed by atoms with Crippen LogP contribution in [-0.4, -0.2) is 4.98 Å². The van der Waals surface area contributed by atoms with Crippen molar-refractivity contribution in [2.45, 2.75) is 32.7 Å². The third-order valence-corrected chi connectivity index (χ3v) is 3.09. The van der Waals surface area contributed by atoms with Crippen molar-refractivity contribution in [3.8, 4) is 0 Å². The molecule has 1 aromatic carbocycles. The number of hydrogen-bond donors (Lipinski definition) is 2. The van der Waals surface area contributed by atoms with Crippen molar-refractivity contribution in [2.24, 2.45) is 5.73 Å². The van der Waals surface area contributed by atoms with E-state index >= 15 is 0 Å². The maximum atomic E-state index is 5.58. The Kier molecular flexibility index (Phi) is 3.86. The van der Waals surface area contributed by atoms with Crippen LogP contribution in [-0.2, 0) is 12.0 Å². The fraction of sp³-hybridized carbons (Fsp3) is 0.312. The van der Waals surface area contributed by atoms with Crippen molar-refractivity contribution >= 4 is 11.5 Å². The van der Waals surface area contributed by atoms with Crippen LogP contribution in [0.4, 0.5) is 11.5 Å². The minimum absolute atomic E-state index is 0.133. The Balaban J connectivity index is 2.10. The van der Waals surface area contributed by atoms with E-state index in [0.29, 0.717) is 6.54 Å². The number of pyridine rings is 1. The summed E-state index contributed by atoms with van der Waals surface area (Å²) in [6.45, 7) is 7.12. The summed E-state index contributed by atoms with van der Waals surface area (Å²) in [6.07, 6.45) is 1.93. The summed E-state index contributed by atoms with van der Waals surface area (Å²) >= 11 is 0. The van der Waals surface area contributed by atoms with Crippen LogP contribution in [0.15, 0.2) is 42.6 Å². The molecule has 0 radical (unpaired) electrons. The first-order chi connectivity index (χ1) is 8.99. The van der Waals surface area contributed by atoms with E-state index in [-0.39, 0.29) is 5.41 Å². The Morgan fingerprint density at radius 2 is 1.74 bits per heavy atom. The van der Waals surface area contributed by atoms with Gasteiger partial charge in [0, 0.05) is 18.4 Å². The monoisotopic (exact) mass is 255 g/mol. The standard InChI is InChI=1S/C16H21N3/c1-16(2,3)13-6-9-15(18-11-13)19-14-7-4-12(10-17)5-8-14/h4-9,11H,10,17H2,1-3H3,(H,18,19). The predicted octanol–water partition coefficient (Wildman–Crippen LogP) is 3.58. The van der Waals surface area contributed by atoms with E-state index in [1.54, 1.807) is 0 Å². The molecular weight excluding hydrogens is 234 g/mol. The van der Waals surface area contributed by atoms with E-state index in [9.17, 15) is 0 Å². The zero-order chi connectivity index (χ0) is 13.9. The summed E-state index contributed by atoms with van der Waals surface area (Å²) in [5, 5.41) is 3.28. The summed E-state index contributed by atoms with van der Waals surface area (Å²) < 4.78 is 0. The van der Waals surface area contributed by atoms with E-state index in [0.717, 1.165) is 17.1 Å². The number of hydrogen-bond acceptors (Lipinski definition) is 3. The minimum Gasteiger partial charge on any atom is -0.340 e. The van der Waals surface area contributed by atoms with Crippen molar-refractivity contribution in [1.29, 1.82) is 0 Å². The molecule has 1 aromatic heterocycles. The van der Waals surface area contributed by atoms with Crippen LogP contribution < -0.4 is 11.1 Å². The van der Waals surface area contributed by atoms with Crippen LogP contribution in [0.3, 0.4) is 0 Å². The largest absolute Gasteiger partial charge is 0.340 e. The molecule has 0 atom stereocenters. The molecule has 19 heavy (non-hydrogen) atoms. The molecule has 0 unspecified atom stereocenters. The highest BCUT2D eigenvalue weighted by Crippen LogP contribution is 2.23. The molecule has 0 saturated heterocycles. The van der Waals surface area contributed by atoms with Gasteiger partial charge in [-0.15, -0.1) is 0 Å². The first kappa shape index (κ1) is 13.6. The van der Waals surface area contributed by atoms with Gasteiger partial charge in [0.2, 0.25) is 0 Å². The van der Waals surface area contributed by atoms with Crippen molar-refractivity contribution in [2.75, 3.05) is 5.32 Å². The Morgan fingerprint density at radius 1 is 1.05 bits per heavy atom. The van der Waals surface area contributed by atoms with E-state index in [2.05, 4.69) is 37.1 Å². The Morgan fingerprint density at radius 3 is 2.21 bits per heavy atom. The second-order valence-corrected chi connectivity index (χ2v) is 5.71. The number of nitrogens with one attached hydrogen (secondary N) is 1. The van der Waals surface area contributed by atoms with Gasteiger partial charge >= 0.3 is 0 Å². The van der Waals surface area contributed by atoms with Gasteiger partial charge in [-0.25, -0.2) is 4.98 Å². The van der Waals surface area contributed by atoms with Gasteiger partial charge in [0.1, 0.15) is 5.82 Å². The second-order valence-electron chi connectivity index (χ2n) is 5.71. The van der Waals surface area contributed by atoms with E-state index in [1.807, 2.05) is 36.5 Å². The number of aromatic nitrogens is 1. The van der Waals surface area contributed by atoms with Gasteiger partial charge in [0.15, 0.2) is 0 Å². The third-order valence-electron chi connectivity index (χ3n) is 3.09. The molecule has 0 saturated carbocycles. The summed E-state index contributed by atoms with van der Waals surface area (Å²) in [5.74, 6) is 0.855. The van der Waals surface area contributed by atoms with Gasteiger partial charge in [0.05, 0.1) is 0 Å². The van der Waals surface area contributed by atoms with Crippen LogP contribution in [0, 0.1) is 0 Å². The summed E-state index contributed by atoms with van der Waals surface area (Å²) in [5.41, 5.74) is 9.09. The fourth-order valence-corrected chi connectivity index (χ4v) is 1.78. The molecule has 3 N–H and O–H groups in total. The minimum atomic E-state index is 0.133. The Labute approximate surface area is 114 Å². The SMILES string of the molecule is CC(C)(C)c1ccc(Nc2ccc(CN)cc2)nc1. The number of benzene rings is 1. The van der Waals surface area contributed by atoms with Crippen molar-refractivity contribution < 1.29 is 0 Å². The average molecular weight is 255 g/mol. The molecule has 3 nitrogen and oxygen atoms in total. The van der Waals surface area contributed by atoms with Gasteiger partial charge < -0.3 is 11.1 Å². The quantitative estimate of drug-likeness (QED) is 0.881. The molecule has 0 aliphatic heterocycles. The molecule has 0 bridgehead atoms. The topological polar surface area (TPSA) is 50.9 Å². The number of nitrogens with zero attached hydrogens (tertiary/aromatic N) is 1. The van der Waals surface area contributed by atoms with Crippen LogP contribution >= 0.6 is 0 Å². The van der Waals surface area contributed by atoms with Gasteiger partial charge in [0.25, 0.3) is 0 Å². The van der Waals surface area contributed by atoms with Crippen LogP contribution in [0.2, 0.25) is 0 Å². The van der Waals surface area contributed by atoms with Gasteiger partial charge in [-0.1, -0.05) is 39.0 Å². The molecule has 3 heteroatoms. The number of anilines is 2. The highest BCUT2D eigenvalue weighted by molar-refractivity contribution is 5.56. The highest BCUT2D eigenvalue weighted by Gasteiger charge is 2.13. The lowest BCUT2D eigenvalue weighted by molar-refractivity contribution is 0.587. The zero-order valence-electron chi connectivity index (χ0n) is 11.8. The molecule has 0 fully saturated rings. The highest BCUT2D eigenvalue weighted by atomic mass is 15.0. The summed E-state index contributed by atoms with van der Waals surface area (Å²) in [4.78, 5) is 4.45. The van der Waals surface area contributed by atoms with Crippen LogP contribution in [0.5, 0.6) is 0 Å². The lowest BCUT2D eigenvalue weighted by Crippen LogP contribution is -2.11. The normalized spacial score (nSPS) is 11.4. The van der Waals surface area contributed by atoms with Crippen molar-refractivity contribution in [1.82, 2.24) is 4.98 Å². The van der Waals surface area contributed by atoms with Crippen molar-refractivity contribution in [3.63, 3.8) is 0 Å². The summed E-state index contributed by atoms with van der Waals surface area (Å²) in [6, 6.07) is 12.2. The second kappa shape index (κ2) is 5.41. The van der Waals surface area contributed by atoms with Crippen LogP contribution in [0.25, 0.3) is 0 Å². The molecule has 2 rings (SSSR count). The van der Waals surface area contributed by atoms with E-state index in [1.165, 1.54) is 5.56 Å². The predicted molar refractivity (Wildman–Crippen MR) is 80.6 cm³/mol. The van der Waals surface area contributed by atoms with E-state index in [4.69, 9.17) is 5.73 Å². The Hall–Kier alpha value is -1.87. The van der Waals surface area contributed by atoms with E-state index < -0.39 is 0 Å². The first-order valence-corrected chi connectivity index (χ1v) is 6.51. The molecule has 0 aliphatic rings.